The minimum atomic E-state index is -9.75. The van der Waals surface area contributed by atoms with Crippen LogP contribution in [0.4, 0.5) is 40.0 Å². The van der Waals surface area contributed by atoms with Crippen molar-refractivity contribution in [3.05, 3.63) is 35.5 Å². The summed E-state index contributed by atoms with van der Waals surface area (Å²) < 4.78 is 107. The highest BCUT2D eigenvalue weighted by molar-refractivity contribution is 8.45. The lowest BCUT2D eigenvalue weighted by molar-refractivity contribution is 0.0191. The number of fused-ring (bicyclic) bond motifs is 1. The van der Waals surface area contributed by atoms with Crippen molar-refractivity contribution in [3.8, 4) is 0 Å². The first-order chi connectivity index (χ1) is 17.0. The van der Waals surface area contributed by atoms with Crippen LogP contribution in [0.1, 0.15) is 49.3 Å². The molecule has 0 radical (unpaired) electrons. The van der Waals surface area contributed by atoms with Crippen molar-refractivity contribution in [2.24, 2.45) is 0 Å². The van der Waals surface area contributed by atoms with Crippen LogP contribution in [0.2, 0.25) is 0 Å². The Hall–Kier alpha value is -2.13. The Balaban J connectivity index is 1.37. The number of piperidine rings is 1. The SMILES string of the molecule is O=S1CC(F)(F)c2nc(N3CCC(c4ccc(S(F)(F)(F)(F)F)cc4)CC3)nc(NC3(CO)CCC3)c21. The molecule has 1 unspecified atom stereocenters. The number of benzene rings is 1. The maximum atomic E-state index is 14.7. The summed E-state index contributed by atoms with van der Waals surface area (Å²) >= 11 is 0. The van der Waals surface area contributed by atoms with E-state index in [0.717, 1.165) is 18.6 Å². The van der Waals surface area contributed by atoms with Gasteiger partial charge in [0.1, 0.15) is 21.3 Å². The van der Waals surface area contributed by atoms with Gasteiger partial charge in [0.15, 0.2) is 0 Å². The number of aliphatic hydroxyl groups is 1. The van der Waals surface area contributed by atoms with E-state index in [2.05, 4.69) is 15.3 Å². The number of aliphatic hydroxyl groups excluding tert-OH is 1. The second-order valence-corrected chi connectivity index (χ2v) is 13.8. The van der Waals surface area contributed by atoms with Crippen LogP contribution in [-0.2, 0) is 16.7 Å². The quantitative estimate of drug-likeness (QED) is 0.409. The predicted octanol–water partition coefficient (Wildman–Crippen LogP) is 6.06. The first-order valence-electron chi connectivity index (χ1n) is 11.7. The Morgan fingerprint density at radius 3 is 2.19 bits per heavy atom. The topological polar surface area (TPSA) is 78.4 Å². The summed E-state index contributed by atoms with van der Waals surface area (Å²) in [5.41, 5.74) is -0.866. The molecule has 2 N–H and O–H groups in total. The molecular formula is C22H25F7N4O2S2. The fourth-order valence-corrected chi connectivity index (χ4v) is 7.00. The highest BCUT2D eigenvalue weighted by Gasteiger charge is 2.65. The zero-order valence-electron chi connectivity index (χ0n) is 19.4. The number of hydrogen-bond donors (Lipinski definition) is 2. The largest absolute Gasteiger partial charge is 0.394 e. The molecule has 2 aromatic rings. The molecule has 6 nitrogen and oxygen atoms in total. The van der Waals surface area contributed by atoms with Crippen LogP contribution in [0.25, 0.3) is 0 Å². The third-order valence-electron chi connectivity index (χ3n) is 7.31. The highest BCUT2D eigenvalue weighted by Crippen LogP contribution is 3.02. The molecule has 1 saturated carbocycles. The minimum Gasteiger partial charge on any atom is -0.394 e. The Labute approximate surface area is 210 Å². The first kappa shape index (κ1) is 26.5. The summed E-state index contributed by atoms with van der Waals surface area (Å²) in [7, 11) is -11.8. The lowest BCUT2D eigenvalue weighted by Crippen LogP contribution is -2.49. The van der Waals surface area contributed by atoms with Gasteiger partial charge in [-0.25, -0.2) is 4.98 Å². The van der Waals surface area contributed by atoms with Crippen molar-refractivity contribution in [2.45, 2.75) is 59.3 Å². The zero-order chi connectivity index (χ0) is 26.9. The van der Waals surface area contributed by atoms with Crippen LogP contribution < -0.4 is 10.2 Å². The van der Waals surface area contributed by atoms with Gasteiger partial charge in [-0.3, -0.25) is 4.21 Å². The van der Waals surface area contributed by atoms with Gasteiger partial charge < -0.3 is 15.3 Å². The molecule has 1 aromatic carbocycles. The van der Waals surface area contributed by atoms with Gasteiger partial charge in [0.25, 0.3) is 0 Å². The number of hydrogen-bond acceptors (Lipinski definition) is 6. The van der Waals surface area contributed by atoms with Crippen LogP contribution in [0.5, 0.6) is 0 Å². The number of nitrogens with zero attached hydrogens (tertiary/aromatic N) is 3. The molecule has 0 amide bonds. The molecule has 15 heteroatoms. The summed E-state index contributed by atoms with van der Waals surface area (Å²) in [5.74, 6) is -4.53. The third kappa shape index (κ3) is 5.01. The number of aromatic nitrogens is 2. The fraction of sp³-hybridized carbons (Fsp3) is 0.545. The number of nitrogens with one attached hydrogen (secondary N) is 1. The van der Waals surface area contributed by atoms with Gasteiger partial charge in [0.2, 0.25) is 5.95 Å². The molecule has 3 heterocycles. The average molecular weight is 575 g/mol. The van der Waals surface area contributed by atoms with Gasteiger partial charge >= 0.3 is 16.1 Å². The second kappa shape index (κ2) is 7.94. The molecule has 0 spiro atoms. The molecular weight excluding hydrogens is 549 g/mol. The Morgan fingerprint density at radius 2 is 1.68 bits per heavy atom. The Morgan fingerprint density at radius 1 is 1.05 bits per heavy atom. The monoisotopic (exact) mass is 574 g/mol. The van der Waals surface area contributed by atoms with Gasteiger partial charge in [0.05, 0.1) is 28.7 Å². The molecule has 206 valence electrons. The molecule has 1 atom stereocenters. The predicted molar refractivity (Wildman–Crippen MR) is 127 cm³/mol. The van der Waals surface area contributed by atoms with E-state index >= 15 is 0 Å². The van der Waals surface area contributed by atoms with E-state index < -0.39 is 48.8 Å². The molecule has 2 fully saturated rings. The molecule has 37 heavy (non-hydrogen) atoms. The van der Waals surface area contributed by atoms with E-state index in [-0.39, 0.29) is 42.3 Å². The van der Waals surface area contributed by atoms with Gasteiger partial charge in [0, 0.05) is 13.1 Å². The summed E-state index contributed by atoms with van der Waals surface area (Å²) in [6.45, 7) is 0.328. The molecule has 2 aliphatic heterocycles. The molecule has 5 rings (SSSR count). The average Bonchev–Trinajstić information content (AvgIpc) is 3.03. The second-order valence-electron chi connectivity index (χ2n) is 9.96. The standard InChI is InChI=1S/C22H25F7N4O2S2/c23-22(24)13-36(35)17-18(22)30-20(31-19(17)32-21(12-34)8-1-9-21)33-10-6-15(7-11-33)14-2-4-16(5-3-14)37(25,26,27,28)29/h2-5,15,34H,1,6-13H2,(H,30,31,32). The molecule has 3 aliphatic rings. The number of rotatable bonds is 6. The van der Waals surface area contributed by atoms with Crippen molar-refractivity contribution in [1.82, 2.24) is 9.97 Å². The van der Waals surface area contributed by atoms with Gasteiger partial charge in [-0.1, -0.05) is 31.6 Å². The van der Waals surface area contributed by atoms with Crippen LogP contribution in [-0.4, -0.2) is 50.3 Å². The lowest BCUT2D eigenvalue weighted by atomic mass is 9.77. The summed E-state index contributed by atoms with van der Waals surface area (Å²) in [5, 5.41) is 12.9. The summed E-state index contributed by atoms with van der Waals surface area (Å²) in [4.78, 5) is 8.02. The zero-order valence-corrected chi connectivity index (χ0v) is 21.0. The molecule has 1 saturated heterocycles. The van der Waals surface area contributed by atoms with E-state index in [1.807, 2.05) is 0 Å². The summed E-state index contributed by atoms with van der Waals surface area (Å²) in [6.07, 6.45) is 2.85. The molecule has 0 bridgehead atoms. The minimum absolute atomic E-state index is 0.00181. The normalized spacial score (nSPS) is 25.1. The Kier molecular flexibility index (Phi) is 5.68. The van der Waals surface area contributed by atoms with Crippen molar-refractivity contribution >= 4 is 32.8 Å². The van der Waals surface area contributed by atoms with Gasteiger partial charge in [-0.15, -0.1) is 0 Å². The highest BCUT2D eigenvalue weighted by atomic mass is 32.5. The van der Waals surface area contributed by atoms with Crippen LogP contribution >= 0.6 is 10.2 Å². The van der Waals surface area contributed by atoms with E-state index in [0.29, 0.717) is 43.4 Å². The lowest BCUT2D eigenvalue weighted by Gasteiger charge is -2.42. The van der Waals surface area contributed by atoms with Gasteiger partial charge in [-0.2, -0.15) is 13.8 Å². The first-order valence-corrected chi connectivity index (χ1v) is 14.9. The van der Waals surface area contributed by atoms with Gasteiger partial charge in [-0.05, 0) is 55.7 Å². The number of halogens is 7. The van der Waals surface area contributed by atoms with Crippen molar-refractivity contribution < 1.29 is 37.5 Å². The molecule has 1 aliphatic carbocycles. The van der Waals surface area contributed by atoms with E-state index in [9.17, 15) is 37.5 Å². The maximum Gasteiger partial charge on any atom is 0.310 e. The number of alkyl halides is 2. The van der Waals surface area contributed by atoms with E-state index in [4.69, 9.17) is 0 Å². The van der Waals surface area contributed by atoms with Crippen LogP contribution in [0.15, 0.2) is 34.1 Å². The van der Waals surface area contributed by atoms with Crippen molar-refractivity contribution in [2.75, 3.05) is 35.7 Å². The molecule has 1 aromatic heterocycles. The third-order valence-corrected chi connectivity index (χ3v) is 9.94. The van der Waals surface area contributed by atoms with Crippen molar-refractivity contribution in [1.29, 1.82) is 0 Å². The van der Waals surface area contributed by atoms with E-state index in [1.165, 1.54) is 0 Å². The maximum absolute atomic E-state index is 14.7. The van der Waals surface area contributed by atoms with E-state index in [1.54, 1.807) is 4.90 Å². The van der Waals surface area contributed by atoms with Crippen LogP contribution in [0, 0.1) is 0 Å². The number of anilines is 2. The van der Waals surface area contributed by atoms with Crippen molar-refractivity contribution in [3.63, 3.8) is 0 Å². The summed E-state index contributed by atoms with van der Waals surface area (Å²) in [6, 6.07) is 2.88. The smallest absolute Gasteiger partial charge is 0.310 e. The van der Waals surface area contributed by atoms with Crippen LogP contribution in [0.3, 0.4) is 0 Å². The fourth-order valence-electron chi connectivity index (χ4n) is 5.02. The Bertz CT molecular complexity index is 1240.